The minimum Gasteiger partial charge on any atom is -0.314 e. The Hall–Kier alpha value is -1.69. The van der Waals surface area contributed by atoms with Crippen LogP contribution in [-0.4, -0.2) is 24.5 Å². The lowest BCUT2D eigenvalue weighted by atomic mass is 10.1. The van der Waals surface area contributed by atoms with E-state index in [1.807, 2.05) is 24.1 Å². The van der Waals surface area contributed by atoms with E-state index in [1.54, 1.807) is 0 Å². The number of hydrogen-bond donors (Lipinski definition) is 1. The standard InChI is InChI=1S/C13H20N6/c1-9(11-7-14-18(3)8-11)15-10(2)13-17-16-12-5-4-6-19(12)13/h7-10,15H,4-6H2,1-3H3. The first-order chi connectivity index (χ1) is 9.15. The van der Waals surface area contributed by atoms with Crippen molar-refractivity contribution in [3.05, 3.63) is 29.6 Å². The molecule has 2 atom stereocenters. The molecule has 6 heteroatoms. The van der Waals surface area contributed by atoms with Gasteiger partial charge in [-0.05, 0) is 20.3 Å². The number of nitrogens with one attached hydrogen (secondary N) is 1. The van der Waals surface area contributed by atoms with Crippen molar-refractivity contribution in [3.8, 4) is 0 Å². The van der Waals surface area contributed by atoms with Crippen LogP contribution in [0.25, 0.3) is 0 Å². The Balaban J connectivity index is 1.72. The van der Waals surface area contributed by atoms with Crippen molar-refractivity contribution >= 4 is 0 Å². The van der Waals surface area contributed by atoms with Gasteiger partial charge in [-0.2, -0.15) is 5.10 Å². The van der Waals surface area contributed by atoms with Gasteiger partial charge in [0.1, 0.15) is 11.6 Å². The number of rotatable bonds is 4. The average Bonchev–Trinajstić information content (AvgIpc) is 3.02. The molecule has 102 valence electrons. The summed E-state index contributed by atoms with van der Waals surface area (Å²) < 4.78 is 4.07. The Labute approximate surface area is 112 Å². The molecule has 0 spiro atoms. The van der Waals surface area contributed by atoms with Gasteiger partial charge in [-0.15, -0.1) is 10.2 Å². The Kier molecular flexibility index (Phi) is 3.10. The molecule has 0 amide bonds. The second-order valence-corrected chi connectivity index (χ2v) is 5.29. The molecule has 1 N–H and O–H groups in total. The van der Waals surface area contributed by atoms with Crippen molar-refractivity contribution in [2.24, 2.45) is 7.05 Å². The van der Waals surface area contributed by atoms with E-state index in [0.29, 0.717) is 0 Å². The van der Waals surface area contributed by atoms with Crippen LogP contribution in [0.3, 0.4) is 0 Å². The van der Waals surface area contributed by atoms with Gasteiger partial charge in [0.05, 0.1) is 12.2 Å². The number of fused-ring (bicyclic) bond motifs is 1. The Morgan fingerprint density at radius 3 is 2.84 bits per heavy atom. The summed E-state index contributed by atoms with van der Waals surface area (Å²) in [4.78, 5) is 0. The summed E-state index contributed by atoms with van der Waals surface area (Å²) in [6.07, 6.45) is 6.18. The summed E-state index contributed by atoms with van der Waals surface area (Å²) in [5, 5.41) is 16.4. The Morgan fingerprint density at radius 2 is 2.11 bits per heavy atom. The first-order valence-electron chi connectivity index (χ1n) is 6.81. The predicted molar refractivity (Wildman–Crippen MR) is 71.5 cm³/mol. The maximum absolute atomic E-state index is 4.32. The lowest BCUT2D eigenvalue weighted by Crippen LogP contribution is -2.24. The van der Waals surface area contributed by atoms with E-state index in [-0.39, 0.29) is 12.1 Å². The lowest BCUT2D eigenvalue weighted by Gasteiger charge is -2.18. The SMILES string of the molecule is CC(NC(C)c1nnc2n1CCC2)c1cnn(C)c1. The van der Waals surface area contributed by atoms with Gasteiger partial charge in [-0.25, -0.2) is 0 Å². The van der Waals surface area contributed by atoms with Crippen LogP contribution in [0, 0.1) is 0 Å². The molecule has 0 saturated heterocycles. The number of nitrogens with zero attached hydrogens (tertiary/aromatic N) is 5. The molecule has 0 saturated carbocycles. The highest BCUT2D eigenvalue weighted by Crippen LogP contribution is 2.21. The summed E-state index contributed by atoms with van der Waals surface area (Å²) in [6, 6.07) is 0.438. The Bertz CT molecular complexity index is 569. The topological polar surface area (TPSA) is 60.6 Å². The van der Waals surface area contributed by atoms with Crippen LogP contribution in [0.1, 0.15) is 49.6 Å². The van der Waals surface area contributed by atoms with Crippen LogP contribution in [0.2, 0.25) is 0 Å². The molecule has 0 aliphatic carbocycles. The molecule has 1 aliphatic heterocycles. The molecule has 1 aliphatic rings. The van der Waals surface area contributed by atoms with E-state index in [4.69, 9.17) is 0 Å². The van der Waals surface area contributed by atoms with E-state index < -0.39 is 0 Å². The summed E-state index contributed by atoms with van der Waals surface area (Å²) >= 11 is 0. The van der Waals surface area contributed by atoms with Crippen LogP contribution in [0.15, 0.2) is 12.4 Å². The zero-order valence-corrected chi connectivity index (χ0v) is 11.7. The van der Waals surface area contributed by atoms with Gasteiger partial charge in [0.15, 0.2) is 0 Å². The molecule has 2 unspecified atom stereocenters. The van der Waals surface area contributed by atoms with E-state index in [1.165, 1.54) is 12.0 Å². The largest absolute Gasteiger partial charge is 0.314 e. The molecule has 3 rings (SSSR count). The van der Waals surface area contributed by atoms with Gasteiger partial charge in [0.2, 0.25) is 0 Å². The monoisotopic (exact) mass is 260 g/mol. The molecule has 2 aromatic rings. The molecule has 19 heavy (non-hydrogen) atoms. The van der Waals surface area contributed by atoms with Gasteiger partial charge in [0.25, 0.3) is 0 Å². The fourth-order valence-electron chi connectivity index (χ4n) is 2.70. The minimum atomic E-state index is 0.189. The highest BCUT2D eigenvalue weighted by atomic mass is 15.3. The third-order valence-corrected chi connectivity index (χ3v) is 3.75. The predicted octanol–water partition coefficient (Wildman–Crippen LogP) is 1.37. The van der Waals surface area contributed by atoms with Crippen molar-refractivity contribution in [3.63, 3.8) is 0 Å². The van der Waals surface area contributed by atoms with E-state index in [2.05, 4.69) is 39.0 Å². The summed E-state index contributed by atoms with van der Waals surface area (Å²) in [5.74, 6) is 2.17. The maximum atomic E-state index is 4.32. The fourth-order valence-corrected chi connectivity index (χ4v) is 2.70. The molecule has 0 bridgehead atoms. The Morgan fingerprint density at radius 1 is 1.26 bits per heavy atom. The highest BCUT2D eigenvalue weighted by Gasteiger charge is 2.22. The molecule has 3 heterocycles. The number of aryl methyl sites for hydroxylation is 2. The van der Waals surface area contributed by atoms with E-state index >= 15 is 0 Å². The van der Waals surface area contributed by atoms with Crippen LogP contribution >= 0.6 is 0 Å². The molecular formula is C13H20N6. The van der Waals surface area contributed by atoms with Crippen LogP contribution < -0.4 is 5.32 Å². The zero-order chi connectivity index (χ0) is 13.4. The molecule has 0 fully saturated rings. The molecule has 6 nitrogen and oxygen atoms in total. The third-order valence-electron chi connectivity index (χ3n) is 3.75. The quantitative estimate of drug-likeness (QED) is 0.902. The van der Waals surface area contributed by atoms with Crippen molar-refractivity contribution in [1.82, 2.24) is 29.9 Å². The van der Waals surface area contributed by atoms with Gasteiger partial charge in [-0.3, -0.25) is 4.68 Å². The molecular weight excluding hydrogens is 240 g/mol. The summed E-state index contributed by atoms with van der Waals surface area (Å²) in [7, 11) is 1.94. The summed E-state index contributed by atoms with van der Waals surface area (Å²) in [6.45, 7) is 5.34. The van der Waals surface area contributed by atoms with Gasteiger partial charge < -0.3 is 9.88 Å². The van der Waals surface area contributed by atoms with Gasteiger partial charge in [-0.1, -0.05) is 0 Å². The van der Waals surface area contributed by atoms with Crippen LogP contribution in [0.4, 0.5) is 0 Å². The number of hydrogen-bond acceptors (Lipinski definition) is 4. The smallest absolute Gasteiger partial charge is 0.149 e. The molecule has 0 radical (unpaired) electrons. The van der Waals surface area contributed by atoms with Crippen LogP contribution in [-0.2, 0) is 20.0 Å². The fraction of sp³-hybridized carbons (Fsp3) is 0.615. The van der Waals surface area contributed by atoms with Gasteiger partial charge in [0, 0.05) is 37.8 Å². The summed E-state index contributed by atoms with van der Waals surface area (Å²) in [5.41, 5.74) is 1.19. The van der Waals surface area contributed by atoms with E-state index in [9.17, 15) is 0 Å². The van der Waals surface area contributed by atoms with Crippen LogP contribution in [0.5, 0.6) is 0 Å². The van der Waals surface area contributed by atoms with Crippen molar-refractivity contribution in [2.45, 2.75) is 45.3 Å². The normalized spacial score (nSPS) is 17.4. The van der Waals surface area contributed by atoms with Gasteiger partial charge >= 0.3 is 0 Å². The second kappa shape index (κ2) is 4.77. The first-order valence-corrected chi connectivity index (χ1v) is 6.81. The molecule has 2 aromatic heterocycles. The van der Waals surface area contributed by atoms with Crippen molar-refractivity contribution < 1.29 is 0 Å². The molecule has 0 aromatic carbocycles. The third kappa shape index (κ3) is 2.28. The highest BCUT2D eigenvalue weighted by molar-refractivity contribution is 5.11. The zero-order valence-electron chi connectivity index (χ0n) is 11.7. The lowest BCUT2D eigenvalue weighted by molar-refractivity contribution is 0.459. The van der Waals surface area contributed by atoms with E-state index in [0.717, 1.165) is 24.6 Å². The minimum absolute atomic E-state index is 0.189. The average molecular weight is 260 g/mol. The number of aromatic nitrogens is 5. The first kappa shape index (κ1) is 12.3. The maximum Gasteiger partial charge on any atom is 0.149 e. The van der Waals surface area contributed by atoms with Crippen molar-refractivity contribution in [1.29, 1.82) is 0 Å². The second-order valence-electron chi connectivity index (χ2n) is 5.29. The van der Waals surface area contributed by atoms with Crippen molar-refractivity contribution in [2.75, 3.05) is 0 Å².